The first-order valence-corrected chi connectivity index (χ1v) is 10.3. The second-order valence-corrected chi connectivity index (χ2v) is 7.45. The molecule has 3 atom stereocenters. The maximum absolute atomic E-state index is 9.16. The fourth-order valence-electron chi connectivity index (χ4n) is 4.04. The second-order valence-electron chi connectivity index (χ2n) is 7.45. The van der Waals surface area contributed by atoms with Crippen LogP contribution in [0.1, 0.15) is 32.2 Å². The number of imidazole rings is 1. The average Bonchev–Trinajstić information content (AvgIpc) is 3.40. The number of aliphatic hydroxyl groups is 1. The van der Waals surface area contributed by atoms with E-state index >= 15 is 0 Å². The third-order valence-corrected chi connectivity index (χ3v) is 5.42. The molecule has 0 aromatic carbocycles. The van der Waals surface area contributed by atoms with Crippen molar-refractivity contribution in [1.82, 2.24) is 24.4 Å². The van der Waals surface area contributed by atoms with Gasteiger partial charge in [0.15, 0.2) is 0 Å². The highest BCUT2D eigenvalue weighted by Gasteiger charge is 2.38. The van der Waals surface area contributed by atoms with Gasteiger partial charge in [-0.25, -0.2) is 15.0 Å². The summed E-state index contributed by atoms with van der Waals surface area (Å²) in [7, 11) is 0. The van der Waals surface area contributed by atoms with Crippen LogP contribution in [0.2, 0.25) is 0 Å². The molecular formula is C20H30N6O4. The summed E-state index contributed by atoms with van der Waals surface area (Å²) in [6.45, 7) is 5.54. The first kappa shape index (κ1) is 22.1. The number of hydrogen-bond acceptors (Lipinski definition) is 8. The number of rotatable bonds is 7. The van der Waals surface area contributed by atoms with Crippen molar-refractivity contribution in [3.05, 3.63) is 24.8 Å². The van der Waals surface area contributed by atoms with E-state index in [1.807, 2.05) is 24.8 Å². The van der Waals surface area contributed by atoms with Crippen LogP contribution in [-0.2, 0) is 9.53 Å². The number of carbonyl (C=O) groups is 1. The van der Waals surface area contributed by atoms with Crippen molar-refractivity contribution in [2.75, 3.05) is 38.2 Å². The molecule has 2 saturated heterocycles. The molecule has 0 aliphatic carbocycles. The average molecular weight is 418 g/mol. The lowest BCUT2D eigenvalue weighted by molar-refractivity contribution is -0.122. The Morgan fingerprint density at radius 3 is 2.73 bits per heavy atom. The molecule has 164 valence electrons. The zero-order valence-corrected chi connectivity index (χ0v) is 17.2. The van der Waals surface area contributed by atoms with Crippen LogP contribution in [0.5, 0.6) is 0 Å². The van der Waals surface area contributed by atoms with E-state index in [0.29, 0.717) is 24.5 Å². The lowest BCUT2D eigenvalue weighted by Gasteiger charge is -2.34. The van der Waals surface area contributed by atoms with Gasteiger partial charge in [0.2, 0.25) is 5.95 Å². The largest absolute Gasteiger partial charge is 0.483 e. The van der Waals surface area contributed by atoms with Crippen LogP contribution < -0.4 is 5.32 Å². The first-order valence-electron chi connectivity index (χ1n) is 10.3. The van der Waals surface area contributed by atoms with E-state index in [2.05, 4.69) is 36.7 Å². The van der Waals surface area contributed by atoms with Crippen LogP contribution in [0.4, 0.5) is 5.95 Å². The maximum Gasteiger partial charge on any atom is 0.290 e. The van der Waals surface area contributed by atoms with Crippen LogP contribution in [0, 0.1) is 0 Å². The molecule has 0 unspecified atom stereocenters. The van der Waals surface area contributed by atoms with Crippen LogP contribution in [-0.4, -0.2) is 86.1 Å². The fourth-order valence-corrected chi connectivity index (χ4v) is 4.04. The van der Waals surface area contributed by atoms with Gasteiger partial charge in [-0.2, -0.15) is 0 Å². The molecule has 2 fully saturated rings. The van der Waals surface area contributed by atoms with Gasteiger partial charge in [0, 0.05) is 63.1 Å². The summed E-state index contributed by atoms with van der Waals surface area (Å²) >= 11 is 0. The standard InChI is InChI=1S/C19H28N6O2.CH2O2/c1-2-4-21-19-22-9-14(10-23-19)18-20-5-6-25(18)15-8-16-13-27-17(3-7-26)12-24(16)11-15;2-1-3/h5-6,9-10,15-17,26H,2-4,7-8,11-13H2,1H3,(H,21,22,23);1H,(H,2,3)/t15-,16+,17+;/m1./s1. The molecule has 0 bridgehead atoms. The number of hydrogen-bond donors (Lipinski definition) is 3. The van der Waals surface area contributed by atoms with Gasteiger partial charge in [0.05, 0.1) is 18.3 Å². The SMILES string of the molecule is CCCNc1ncc(-c2nccn2[C@@H]2C[C@H]3CO[C@@H](CCO)CN3C2)cn1.O=CO. The summed E-state index contributed by atoms with van der Waals surface area (Å²) < 4.78 is 8.15. The number of nitrogens with zero attached hydrogens (tertiary/aromatic N) is 5. The molecule has 0 amide bonds. The molecule has 2 aromatic rings. The Hall–Kier alpha value is -2.56. The molecular weight excluding hydrogens is 388 g/mol. The number of morpholine rings is 1. The van der Waals surface area contributed by atoms with E-state index in [-0.39, 0.29) is 19.2 Å². The van der Waals surface area contributed by atoms with E-state index in [4.69, 9.17) is 19.7 Å². The molecule has 10 heteroatoms. The minimum Gasteiger partial charge on any atom is -0.483 e. The van der Waals surface area contributed by atoms with Gasteiger partial charge in [-0.05, 0) is 19.3 Å². The summed E-state index contributed by atoms with van der Waals surface area (Å²) in [6.07, 6.45) is 10.5. The number of fused-ring (bicyclic) bond motifs is 1. The summed E-state index contributed by atoms with van der Waals surface area (Å²) in [5, 5.41) is 19.2. The highest BCUT2D eigenvalue weighted by Crippen LogP contribution is 2.33. The van der Waals surface area contributed by atoms with E-state index in [9.17, 15) is 0 Å². The van der Waals surface area contributed by atoms with Crippen molar-refractivity contribution in [1.29, 1.82) is 0 Å². The molecule has 0 spiro atoms. The predicted octanol–water partition coefficient (Wildman–Crippen LogP) is 1.26. The smallest absolute Gasteiger partial charge is 0.290 e. The topological polar surface area (TPSA) is 126 Å². The number of aliphatic hydroxyl groups excluding tert-OH is 1. The molecule has 2 aliphatic rings. The minimum absolute atomic E-state index is 0.142. The molecule has 10 nitrogen and oxygen atoms in total. The van der Waals surface area contributed by atoms with Gasteiger partial charge >= 0.3 is 0 Å². The number of ether oxygens (including phenoxy) is 1. The van der Waals surface area contributed by atoms with Crippen molar-refractivity contribution in [2.24, 2.45) is 0 Å². The summed E-state index contributed by atoms with van der Waals surface area (Å²) in [5.74, 6) is 1.57. The molecule has 2 aliphatic heterocycles. The lowest BCUT2D eigenvalue weighted by atomic mass is 10.1. The minimum atomic E-state index is -0.250. The quantitative estimate of drug-likeness (QED) is 0.570. The normalized spacial score (nSPS) is 23.3. The molecule has 4 rings (SSSR count). The number of aromatic nitrogens is 4. The Morgan fingerprint density at radius 1 is 1.27 bits per heavy atom. The van der Waals surface area contributed by atoms with E-state index < -0.39 is 0 Å². The van der Waals surface area contributed by atoms with Gasteiger partial charge in [-0.3, -0.25) is 9.69 Å². The van der Waals surface area contributed by atoms with E-state index in [1.54, 1.807) is 0 Å². The lowest BCUT2D eigenvalue weighted by Crippen LogP contribution is -2.46. The molecule has 30 heavy (non-hydrogen) atoms. The van der Waals surface area contributed by atoms with Crippen molar-refractivity contribution >= 4 is 12.4 Å². The molecule has 0 radical (unpaired) electrons. The highest BCUT2D eigenvalue weighted by molar-refractivity contribution is 5.54. The third kappa shape index (κ3) is 5.32. The van der Waals surface area contributed by atoms with Gasteiger partial charge in [0.25, 0.3) is 6.47 Å². The van der Waals surface area contributed by atoms with Crippen LogP contribution >= 0.6 is 0 Å². The Bertz CT molecular complexity index is 784. The molecule has 4 heterocycles. The molecule has 0 saturated carbocycles. The molecule has 2 aromatic heterocycles. The van der Waals surface area contributed by atoms with Crippen molar-refractivity contribution in [3.63, 3.8) is 0 Å². The number of carboxylic acid groups (broad SMARTS) is 1. The van der Waals surface area contributed by atoms with Gasteiger partial charge in [-0.15, -0.1) is 0 Å². The summed E-state index contributed by atoms with van der Waals surface area (Å²) in [4.78, 5) is 24.2. The summed E-state index contributed by atoms with van der Waals surface area (Å²) in [5.41, 5.74) is 0.932. The highest BCUT2D eigenvalue weighted by atomic mass is 16.5. The van der Waals surface area contributed by atoms with Gasteiger partial charge < -0.3 is 24.8 Å². The fraction of sp³-hybridized carbons (Fsp3) is 0.600. The zero-order chi connectivity index (χ0) is 21.3. The maximum atomic E-state index is 9.16. The monoisotopic (exact) mass is 418 g/mol. The van der Waals surface area contributed by atoms with E-state index in [0.717, 1.165) is 50.5 Å². The van der Waals surface area contributed by atoms with Crippen LogP contribution in [0.15, 0.2) is 24.8 Å². The van der Waals surface area contributed by atoms with Crippen molar-refractivity contribution in [3.8, 4) is 11.4 Å². The van der Waals surface area contributed by atoms with E-state index in [1.165, 1.54) is 0 Å². The second kappa shape index (κ2) is 11.0. The van der Waals surface area contributed by atoms with Crippen LogP contribution in [0.25, 0.3) is 11.4 Å². The summed E-state index contributed by atoms with van der Waals surface area (Å²) in [6, 6.07) is 0.805. The first-order chi connectivity index (χ1) is 14.7. The Morgan fingerprint density at radius 2 is 2.03 bits per heavy atom. The van der Waals surface area contributed by atoms with Crippen molar-refractivity contribution < 1.29 is 19.7 Å². The van der Waals surface area contributed by atoms with Gasteiger partial charge in [-0.1, -0.05) is 6.92 Å². The Balaban J connectivity index is 0.000000806. The third-order valence-electron chi connectivity index (χ3n) is 5.42. The van der Waals surface area contributed by atoms with Gasteiger partial charge in [0.1, 0.15) is 5.82 Å². The Labute approximate surface area is 175 Å². The van der Waals surface area contributed by atoms with Crippen LogP contribution in [0.3, 0.4) is 0 Å². The molecule has 3 N–H and O–H groups in total. The Kier molecular flexibility index (Phi) is 8.12. The van der Waals surface area contributed by atoms with Crippen molar-refractivity contribution in [2.45, 2.75) is 44.4 Å². The predicted molar refractivity (Wildman–Crippen MR) is 111 cm³/mol. The zero-order valence-electron chi connectivity index (χ0n) is 17.2. The number of anilines is 1. The number of nitrogens with one attached hydrogen (secondary N) is 1.